The van der Waals surface area contributed by atoms with Gasteiger partial charge in [0.1, 0.15) is 0 Å². The van der Waals surface area contributed by atoms with Crippen LogP contribution in [0.1, 0.15) is 18.9 Å². The molecule has 0 spiro atoms. The zero-order chi connectivity index (χ0) is 15.7. The van der Waals surface area contributed by atoms with Crippen LogP contribution in [0.2, 0.25) is 0 Å². The Balaban J connectivity index is 0.00000144. The van der Waals surface area contributed by atoms with E-state index in [1.807, 2.05) is 31.2 Å². The molecule has 2 bridgehead atoms. The van der Waals surface area contributed by atoms with E-state index in [2.05, 4.69) is 30.0 Å². The first-order chi connectivity index (χ1) is 10.6. The van der Waals surface area contributed by atoms with Gasteiger partial charge in [0.15, 0.2) is 0 Å². The zero-order valence-corrected chi connectivity index (χ0v) is 20.0. The first-order valence-corrected chi connectivity index (χ1v) is 7.89. The molecule has 6 heteroatoms. The van der Waals surface area contributed by atoms with Crippen molar-refractivity contribution in [3.05, 3.63) is 41.5 Å². The molecule has 2 aliphatic heterocycles. The fourth-order valence-corrected chi connectivity index (χ4v) is 3.62. The molecule has 4 nitrogen and oxygen atoms in total. The van der Waals surface area contributed by atoms with Gasteiger partial charge in [-0.1, -0.05) is 5.57 Å². The van der Waals surface area contributed by atoms with Gasteiger partial charge in [0.25, 0.3) is 0 Å². The van der Waals surface area contributed by atoms with Crippen LogP contribution in [0.5, 0.6) is 0 Å². The third-order valence-electron chi connectivity index (χ3n) is 4.73. The molecule has 2 heterocycles. The molecule has 2 atom stereocenters. The maximum Gasteiger partial charge on any atom is 0.335 e. The molecule has 2 unspecified atom stereocenters. The second kappa shape index (κ2) is 9.62. The number of benzene rings is 1. The van der Waals surface area contributed by atoms with Gasteiger partial charge in [-0.15, -0.1) is 5.56 Å². The number of piperazine rings is 1. The van der Waals surface area contributed by atoms with Gasteiger partial charge in [-0.3, -0.25) is 4.90 Å². The van der Waals surface area contributed by atoms with Gasteiger partial charge < -0.3 is 9.64 Å². The molecule has 127 valence electrons. The van der Waals surface area contributed by atoms with Crippen molar-refractivity contribution in [2.75, 3.05) is 33.8 Å². The van der Waals surface area contributed by atoms with Crippen LogP contribution in [-0.2, 0) is 28.1 Å². The number of carbonyl (C=O) groups excluding carboxylic acids is 1. The Bertz CT molecular complexity index is 594. The Morgan fingerprint density at radius 3 is 2.58 bits per heavy atom. The van der Waals surface area contributed by atoms with Gasteiger partial charge in [0.2, 0.25) is 0 Å². The maximum atomic E-state index is 12.6. The fraction of sp³-hybridized carbons (Fsp3) is 0.500. The normalized spacial score (nSPS) is 24.0. The Labute approximate surface area is 180 Å². The summed E-state index contributed by atoms with van der Waals surface area (Å²) >= 11 is 0. The van der Waals surface area contributed by atoms with E-state index in [1.165, 1.54) is 0 Å². The number of ether oxygens (including phenoxy) is 1. The summed E-state index contributed by atoms with van der Waals surface area (Å²) in [7, 11) is 4.25. The molecule has 0 aromatic heterocycles. The number of hydrogen-bond acceptors (Lipinski definition) is 4. The molecule has 3 rings (SSSR count). The van der Waals surface area contributed by atoms with E-state index in [1.54, 1.807) is 0 Å². The number of esters is 1. The van der Waals surface area contributed by atoms with Crippen LogP contribution in [0, 0.1) is 37.2 Å². The molecule has 2 aliphatic rings. The summed E-state index contributed by atoms with van der Waals surface area (Å²) in [5.41, 5.74) is 3.10. The van der Waals surface area contributed by atoms with Gasteiger partial charge in [-0.05, 0) is 27.4 Å². The van der Waals surface area contributed by atoms with Gasteiger partial charge in [-0.2, -0.15) is 30.3 Å². The van der Waals surface area contributed by atoms with E-state index in [9.17, 15) is 4.79 Å². The molecule has 1 radical (unpaired) electrons. The standard InChI is InChI=1S/C18H23N2O2.U.V/c1-4-22-18(21)17-15(13-8-6-5-7-9-13)10-14-11-19(2)12-16(17)20(14)3;;/h6-9,14,16H,4,10-12H2,1-3H3;;/q-1;;. The second-order valence-electron chi connectivity index (χ2n) is 6.16. The van der Waals surface area contributed by atoms with Crippen LogP contribution in [0.3, 0.4) is 0 Å². The summed E-state index contributed by atoms with van der Waals surface area (Å²) in [6, 6.07) is 11.5. The number of likely N-dealkylation sites (N-methyl/N-ethyl adjacent to an activating group) is 2. The number of nitrogens with zero attached hydrogens (tertiary/aromatic N) is 2. The Hall–Kier alpha value is -0.0136. The molecule has 0 amide bonds. The summed E-state index contributed by atoms with van der Waals surface area (Å²) in [6.07, 6.45) is 0.884. The van der Waals surface area contributed by atoms with Crippen molar-refractivity contribution >= 4 is 11.5 Å². The number of rotatable bonds is 3. The number of fused-ring (bicyclic) bond motifs is 2. The van der Waals surface area contributed by atoms with Crippen LogP contribution in [0.4, 0.5) is 0 Å². The summed E-state index contributed by atoms with van der Waals surface area (Å²) in [6.45, 7) is 4.17. The number of hydrogen-bond donors (Lipinski definition) is 0. The summed E-state index contributed by atoms with van der Waals surface area (Å²) in [5.74, 6) is -0.170. The summed E-state index contributed by atoms with van der Waals surface area (Å²) in [4.78, 5) is 17.2. The summed E-state index contributed by atoms with van der Waals surface area (Å²) < 4.78 is 5.36. The van der Waals surface area contributed by atoms with Crippen LogP contribution in [-0.4, -0.2) is 61.6 Å². The number of carbonyl (C=O) groups is 1. The quantitative estimate of drug-likeness (QED) is 0.399. The molecule has 24 heavy (non-hydrogen) atoms. The van der Waals surface area contributed by atoms with Crippen molar-refractivity contribution in [3.63, 3.8) is 0 Å². The van der Waals surface area contributed by atoms with Crippen LogP contribution in [0.15, 0.2) is 29.8 Å². The minimum atomic E-state index is -0.170. The smallest absolute Gasteiger partial charge is 0.335 e. The van der Waals surface area contributed by atoms with E-state index in [-0.39, 0.29) is 61.7 Å². The average Bonchev–Trinajstić information content (AvgIpc) is 2.50. The minimum absolute atomic E-state index is 0. The third-order valence-corrected chi connectivity index (χ3v) is 4.73. The second-order valence-corrected chi connectivity index (χ2v) is 6.16. The minimum Gasteiger partial charge on any atom is -0.463 e. The molecule has 0 aliphatic carbocycles. The Morgan fingerprint density at radius 2 is 1.96 bits per heavy atom. The summed E-state index contributed by atoms with van der Waals surface area (Å²) in [5, 5.41) is 0. The average molecular weight is 588 g/mol. The predicted octanol–water partition coefficient (Wildman–Crippen LogP) is 1.82. The zero-order valence-electron chi connectivity index (χ0n) is 14.5. The Kier molecular flexibility index (Phi) is 8.83. The van der Waals surface area contributed by atoms with E-state index >= 15 is 0 Å². The molecule has 1 aromatic rings. The van der Waals surface area contributed by atoms with E-state index < -0.39 is 0 Å². The van der Waals surface area contributed by atoms with E-state index in [0.29, 0.717) is 12.6 Å². The molecular weight excluding hydrogens is 565 g/mol. The van der Waals surface area contributed by atoms with Crippen molar-refractivity contribution in [1.82, 2.24) is 9.80 Å². The third kappa shape index (κ3) is 4.39. The first kappa shape index (κ1) is 22.0. The largest absolute Gasteiger partial charge is 0.463 e. The predicted molar refractivity (Wildman–Crippen MR) is 86.3 cm³/mol. The molecule has 1 saturated heterocycles. The van der Waals surface area contributed by atoms with Crippen LogP contribution in [0.25, 0.3) is 5.57 Å². The van der Waals surface area contributed by atoms with Gasteiger partial charge >= 0.3 is 5.97 Å². The molecule has 1 fully saturated rings. The van der Waals surface area contributed by atoms with Gasteiger partial charge in [0.05, 0.1) is 18.2 Å². The fourth-order valence-electron chi connectivity index (χ4n) is 3.62. The van der Waals surface area contributed by atoms with Crippen molar-refractivity contribution in [1.29, 1.82) is 0 Å². The van der Waals surface area contributed by atoms with Gasteiger partial charge in [-0.25, -0.2) is 4.79 Å². The van der Waals surface area contributed by atoms with Crippen LogP contribution < -0.4 is 0 Å². The van der Waals surface area contributed by atoms with Gasteiger partial charge in [0, 0.05) is 68.8 Å². The molecule has 0 saturated carbocycles. The van der Waals surface area contributed by atoms with Crippen molar-refractivity contribution < 1.29 is 59.2 Å². The molecule has 0 N–H and O–H groups in total. The van der Waals surface area contributed by atoms with E-state index in [0.717, 1.165) is 36.2 Å². The first-order valence-electron chi connectivity index (χ1n) is 7.89. The topological polar surface area (TPSA) is 32.8 Å². The maximum absolute atomic E-state index is 12.6. The molecule has 1 aromatic carbocycles. The van der Waals surface area contributed by atoms with Crippen molar-refractivity contribution in [3.8, 4) is 0 Å². The van der Waals surface area contributed by atoms with Crippen LogP contribution >= 0.6 is 0 Å². The van der Waals surface area contributed by atoms with Crippen molar-refractivity contribution in [2.24, 2.45) is 0 Å². The molecular formula is C18H23N2O2UV-. The van der Waals surface area contributed by atoms with Crippen molar-refractivity contribution in [2.45, 2.75) is 25.4 Å². The SMILES string of the molecule is CCOC(=O)C1=C(c2cc[c-]cc2)CC2CN(C)CC1N2C.[U].[V]. The Morgan fingerprint density at radius 1 is 1.29 bits per heavy atom. The monoisotopic (exact) mass is 588 g/mol. The van der Waals surface area contributed by atoms with E-state index in [4.69, 9.17) is 4.74 Å².